The summed E-state index contributed by atoms with van der Waals surface area (Å²) in [6.45, 7) is 0.288. The van der Waals surface area contributed by atoms with E-state index < -0.39 is 0 Å². The van der Waals surface area contributed by atoms with Crippen LogP contribution in [0.5, 0.6) is 0 Å². The third-order valence-electron chi connectivity index (χ3n) is 2.34. The average molecular weight is 216 g/mol. The lowest BCUT2D eigenvalue weighted by Gasteiger charge is -2.00. The highest BCUT2D eigenvalue weighted by atomic mass is 16.3. The number of benzene rings is 1. The van der Waals surface area contributed by atoms with E-state index in [0.29, 0.717) is 0 Å². The van der Waals surface area contributed by atoms with Gasteiger partial charge in [0.05, 0.1) is 19.3 Å². The van der Waals surface area contributed by atoms with Gasteiger partial charge in [-0.2, -0.15) is 5.10 Å². The first kappa shape index (κ1) is 10.6. The minimum absolute atomic E-state index is 0.0241. The molecule has 0 spiro atoms. The third kappa shape index (κ3) is 2.17. The monoisotopic (exact) mass is 216 g/mol. The van der Waals surface area contributed by atoms with Gasteiger partial charge in [-0.25, -0.2) is 0 Å². The second kappa shape index (κ2) is 4.72. The lowest BCUT2D eigenvalue weighted by molar-refractivity contribution is -0.108. The molecule has 82 valence electrons. The Morgan fingerprint density at radius 2 is 2.25 bits per heavy atom. The predicted octanol–water partition coefficient (Wildman–Crippen LogP) is 1.24. The van der Waals surface area contributed by atoms with Crippen LogP contribution in [0.1, 0.15) is 5.56 Å². The normalized spacial score (nSPS) is 10.3. The number of aldehydes is 1. The molecule has 2 aromatic rings. The maximum absolute atomic E-state index is 10.3. The van der Waals surface area contributed by atoms with E-state index in [-0.39, 0.29) is 13.2 Å². The maximum atomic E-state index is 10.3. The Bertz CT molecular complexity index is 491. The zero-order valence-corrected chi connectivity index (χ0v) is 8.71. The van der Waals surface area contributed by atoms with Crippen LogP contribution in [-0.4, -0.2) is 21.2 Å². The van der Waals surface area contributed by atoms with Crippen molar-refractivity contribution in [3.8, 4) is 11.1 Å². The largest absolute Gasteiger partial charge is 0.392 e. The number of aliphatic hydroxyl groups excluding tert-OH is 1. The Morgan fingerprint density at radius 3 is 3.00 bits per heavy atom. The summed E-state index contributed by atoms with van der Waals surface area (Å²) in [5.41, 5.74) is 2.79. The molecule has 0 bridgehead atoms. The Kier molecular flexibility index (Phi) is 3.12. The number of carbonyl (C=O) groups is 1. The highest BCUT2D eigenvalue weighted by molar-refractivity contribution is 5.62. The van der Waals surface area contributed by atoms with Crippen molar-refractivity contribution in [2.75, 3.05) is 0 Å². The van der Waals surface area contributed by atoms with Gasteiger partial charge < -0.3 is 9.90 Å². The zero-order valence-electron chi connectivity index (χ0n) is 8.71. The van der Waals surface area contributed by atoms with Crippen molar-refractivity contribution < 1.29 is 9.90 Å². The number of aromatic nitrogens is 2. The predicted molar refractivity (Wildman–Crippen MR) is 59.6 cm³/mol. The van der Waals surface area contributed by atoms with Crippen molar-refractivity contribution in [2.45, 2.75) is 13.2 Å². The topological polar surface area (TPSA) is 55.1 Å². The SMILES string of the molecule is O=CCn1cc(-c2cccc(CO)c2)cn1. The maximum Gasteiger partial charge on any atom is 0.141 e. The minimum Gasteiger partial charge on any atom is -0.392 e. The fourth-order valence-electron chi connectivity index (χ4n) is 1.54. The summed E-state index contributed by atoms with van der Waals surface area (Å²) in [6, 6.07) is 7.60. The molecule has 4 nitrogen and oxygen atoms in total. The standard InChI is InChI=1S/C12H12N2O2/c15-5-4-14-8-12(7-13-14)11-3-1-2-10(6-11)9-16/h1-3,5-8,16H,4,9H2. The summed E-state index contributed by atoms with van der Waals surface area (Å²) in [5.74, 6) is 0. The molecule has 0 saturated carbocycles. The molecule has 0 unspecified atom stereocenters. The van der Waals surface area contributed by atoms with E-state index in [1.165, 1.54) is 0 Å². The lowest BCUT2D eigenvalue weighted by atomic mass is 10.1. The number of rotatable bonds is 4. The number of aliphatic hydroxyl groups is 1. The second-order valence-electron chi connectivity index (χ2n) is 3.48. The van der Waals surface area contributed by atoms with Crippen molar-refractivity contribution >= 4 is 6.29 Å². The Balaban J connectivity index is 2.30. The van der Waals surface area contributed by atoms with Crippen LogP contribution in [0.25, 0.3) is 11.1 Å². The summed E-state index contributed by atoms with van der Waals surface area (Å²) >= 11 is 0. The van der Waals surface area contributed by atoms with Gasteiger partial charge in [0.2, 0.25) is 0 Å². The van der Waals surface area contributed by atoms with Crippen LogP contribution in [0.3, 0.4) is 0 Å². The van der Waals surface area contributed by atoms with Crippen molar-refractivity contribution in [1.29, 1.82) is 0 Å². The quantitative estimate of drug-likeness (QED) is 0.782. The molecule has 4 heteroatoms. The van der Waals surface area contributed by atoms with Crippen LogP contribution in [0.4, 0.5) is 0 Å². The highest BCUT2D eigenvalue weighted by Crippen LogP contribution is 2.19. The van der Waals surface area contributed by atoms with Gasteiger partial charge in [-0.3, -0.25) is 4.68 Å². The molecule has 2 rings (SSSR count). The van der Waals surface area contributed by atoms with Gasteiger partial charge in [0.15, 0.2) is 0 Å². The molecule has 0 aliphatic carbocycles. The first-order chi connectivity index (χ1) is 7.83. The zero-order chi connectivity index (χ0) is 11.4. The van der Waals surface area contributed by atoms with Crippen LogP contribution in [0.15, 0.2) is 36.7 Å². The number of nitrogens with zero attached hydrogens (tertiary/aromatic N) is 2. The Morgan fingerprint density at radius 1 is 1.38 bits per heavy atom. The van der Waals surface area contributed by atoms with Gasteiger partial charge in [0.25, 0.3) is 0 Å². The molecule has 0 fully saturated rings. The second-order valence-corrected chi connectivity index (χ2v) is 3.48. The summed E-state index contributed by atoms with van der Waals surface area (Å²) < 4.78 is 1.58. The van der Waals surface area contributed by atoms with Gasteiger partial charge in [-0.15, -0.1) is 0 Å². The third-order valence-corrected chi connectivity index (χ3v) is 2.34. The van der Waals surface area contributed by atoms with Crippen LogP contribution in [0, 0.1) is 0 Å². The van der Waals surface area contributed by atoms with Crippen molar-refractivity contribution in [1.82, 2.24) is 9.78 Å². The molecule has 0 radical (unpaired) electrons. The van der Waals surface area contributed by atoms with Crippen molar-refractivity contribution in [2.24, 2.45) is 0 Å². The molecule has 0 aliphatic heterocycles. The van der Waals surface area contributed by atoms with Crippen LogP contribution in [0.2, 0.25) is 0 Å². The molecular weight excluding hydrogens is 204 g/mol. The highest BCUT2D eigenvalue weighted by Gasteiger charge is 2.02. The van der Waals surface area contributed by atoms with Gasteiger partial charge in [0, 0.05) is 11.8 Å². The van der Waals surface area contributed by atoms with E-state index in [4.69, 9.17) is 5.11 Å². The number of hydrogen-bond acceptors (Lipinski definition) is 3. The summed E-state index contributed by atoms with van der Waals surface area (Å²) in [4.78, 5) is 10.3. The van der Waals surface area contributed by atoms with E-state index >= 15 is 0 Å². The molecular formula is C12H12N2O2. The molecule has 0 aliphatic rings. The van der Waals surface area contributed by atoms with Crippen LogP contribution >= 0.6 is 0 Å². The molecule has 0 atom stereocenters. The summed E-state index contributed by atoms with van der Waals surface area (Å²) in [6.07, 6.45) is 4.33. The molecule has 16 heavy (non-hydrogen) atoms. The van der Waals surface area contributed by atoms with Crippen LogP contribution < -0.4 is 0 Å². The lowest BCUT2D eigenvalue weighted by Crippen LogP contribution is -1.97. The minimum atomic E-state index is 0.0241. The fraction of sp³-hybridized carbons (Fsp3) is 0.167. The van der Waals surface area contributed by atoms with E-state index in [0.717, 1.165) is 23.0 Å². The molecule has 1 N–H and O–H groups in total. The van der Waals surface area contributed by atoms with Gasteiger partial charge in [-0.05, 0) is 17.2 Å². The molecule has 0 amide bonds. The van der Waals surface area contributed by atoms with Crippen LogP contribution in [-0.2, 0) is 17.9 Å². The van der Waals surface area contributed by atoms with Crippen molar-refractivity contribution in [3.05, 3.63) is 42.2 Å². The van der Waals surface area contributed by atoms with Gasteiger partial charge >= 0.3 is 0 Å². The smallest absolute Gasteiger partial charge is 0.141 e. The number of hydrogen-bond donors (Lipinski definition) is 1. The Labute approximate surface area is 93.1 Å². The van der Waals surface area contributed by atoms with Gasteiger partial charge in [-0.1, -0.05) is 18.2 Å². The molecule has 1 aromatic carbocycles. The first-order valence-electron chi connectivity index (χ1n) is 5.00. The summed E-state index contributed by atoms with van der Waals surface area (Å²) in [5, 5.41) is 13.1. The molecule has 0 saturated heterocycles. The van der Waals surface area contributed by atoms with Gasteiger partial charge in [0.1, 0.15) is 6.29 Å². The summed E-state index contributed by atoms with van der Waals surface area (Å²) in [7, 11) is 0. The number of carbonyl (C=O) groups excluding carboxylic acids is 1. The van der Waals surface area contributed by atoms with E-state index in [1.54, 1.807) is 10.9 Å². The fourth-order valence-corrected chi connectivity index (χ4v) is 1.54. The molecule has 1 heterocycles. The molecule has 1 aromatic heterocycles. The average Bonchev–Trinajstić information content (AvgIpc) is 2.78. The van der Waals surface area contributed by atoms with Crippen molar-refractivity contribution in [3.63, 3.8) is 0 Å². The van der Waals surface area contributed by atoms with E-state index in [1.807, 2.05) is 30.5 Å². The Hall–Kier alpha value is -1.94. The first-order valence-corrected chi connectivity index (χ1v) is 5.00. The van der Waals surface area contributed by atoms with E-state index in [9.17, 15) is 4.79 Å². The van der Waals surface area contributed by atoms with E-state index in [2.05, 4.69) is 5.10 Å².